The predicted octanol–water partition coefficient (Wildman–Crippen LogP) is 2.28. The number of hydrogen-bond donors (Lipinski definition) is 1. The number of ether oxygens (including phenoxy) is 1. The van der Waals surface area contributed by atoms with Gasteiger partial charge in [-0.25, -0.2) is 0 Å². The van der Waals surface area contributed by atoms with E-state index >= 15 is 0 Å². The van der Waals surface area contributed by atoms with Crippen LogP contribution in [0.15, 0.2) is 0 Å². The lowest BCUT2D eigenvalue weighted by molar-refractivity contribution is 0.0480. The van der Waals surface area contributed by atoms with Gasteiger partial charge in [-0.1, -0.05) is 13.8 Å². The van der Waals surface area contributed by atoms with Crippen LogP contribution in [-0.2, 0) is 4.74 Å². The molecule has 0 amide bonds. The van der Waals surface area contributed by atoms with Crippen molar-refractivity contribution in [2.75, 3.05) is 26.2 Å². The molecule has 3 nitrogen and oxygen atoms in total. The Balaban J connectivity index is 0.00000106. The van der Waals surface area contributed by atoms with Crippen molar-refractivity contribution in [3.05, 3.63) is 0 Å². The molecule has 1 heterocycles. The molecule has 1 rings (SSSR count). The van der Waals surface area contributed by atoms with Crippen LogP contribution in [-0.4, -0.2) is 48.5 Å². The van der Waals surface area contributed by atoms with Gasteiger partial charge in [-0.2, -0.15) is 0 Å². The quantitative estimate of drug-likeness (QED) is 0.737. The number of hydrogen-bond acceptors (Lipinski definition) is 3. The molecule has 0 aromatic rings. The molecule has 1 aliphatic rings. The first-order valence-corrected chi connectivity index (χ1v) is 6.70. The minimum Gasteiger partial charge on any atom is -0.392 e. The summed E-state index contributed by atoms with van der Waals surface area (Å²) in [7, 11) is 0. The third-order valence-corrected chi connectivity index (χ3v) is 2.55. The number of nitrogens with zero attached hydrogens (tertiary/aromatic N) is 1. The van der Waals surface area contributed by atoms with Gasteiger partial charge in [-0.05, 0) is 39.7 Å². The van der Waals surface area contributed by atoms with Crippen LogP contribution in [0.4, 0.5) is 0 Å². The van der Waals surface area contributed by atoms with Gasteiger partial charge in [-0.3, -0.25) is 0 Å². The van der Waals surface area contributed by atoms with Crippen LogP contribution in [0.5, 0.6) is 0 Å². The first kappa shape index (κ1) is 15.9. The molecule has 1 fully saturated rings. The van der Waals surface area contributed by atoms with Gasteiger partial charge in [0.2, 0.25) is 0 Å². The average Bonchev–Trinajstić information content (AvgIpc) is 2.27. The number of β-amino-alcohol motifs (C(OH)–C–C–N with tert-alkyl or cyclic N) is 1. The summed E-state index contributed by atoms with van der Waals surface area (Å²) in [4.78, 5) is 2.33. The summed E-state index contributed by atoms with van der Waals surface area (Å²) in [6.45, 7) is 12.0. The topological polar surface area (TPSA) is 32.7 Å². The third-order valence-electron chi connectivity index (χ3n) is 2.55. The molecule has 1 atom stereocenters. The molecule has 0 bridgehead atoms. The maximum Gasteiger partial charge on any atom is 0.0667 e. The van der Waals surface area contributed by atoms with Crippen molar-refractivity contribution in [1.82, 2.24) is 4.90 Å². The highest BCUT2D eigenvalue weighted by Gasteiger charge is 2.16. The zero-order chi connectivity index (χ0) is 12.4. The molecule has 0 spiro atoms. The molecule has 16 heavy (non-hydrogen) atoms. The largest absolute Gasteiger partial charge is 0.392 e. The van der Waals surface area contributed by atoms with Crippen LogP contribution < -0.4 is 0 Å². The van der Waals surface area contributed by atoms with Crippen molar-refractivity contribution in [1.29, 1.82) is 0 Å². The molecule has 0 saturated carbocycles. The summed E-state index contributed by atoms with van der Waals surface area (Å²) >= 11 is 0. The van der Waals surface area contributed by atoms with E-state index in [0.717, 1.165) is 45.5 Å². The van der Waals surface area contributed by atoms with Gasteiger partial charge >= 0.3 is 0 Å². The Morgan fingerprint density at radius 1 is 1.38 bits per heavy atom. The van der Waals surface area contributed by atoms with Crippen LogP contribution >= 0.6 is 0 Å². The number of rotatable bonds is 5. The Bertz CT molecular complexity index is 151. The van der Waals surface area contributed by atoms with E-state index < -0.39 is 0 Å². The van der Waals surface area contributed by atoms with Crippen molar-refractivity contribution < 1.29 is 9.84 Å². The Kier molecular flexibility index (Phi) is 9.99. The van der Waals surface area contributed by atoms with Crippen LogP contribution in [0.3, 0.4) is 0 Å². The third kappa shape index (κ3) is 8.08. The lowest BCUT2D eigenvalue weighted by Gasteiger charge is -2.29. The van der Waals surface area contributed by atoms with Gasteiger partial charge in [0.15, 0.2) is 0 Å². The molecule has 0 aromatic carbocycles. The molecular formula is C13H29NO2. The standard InChI is InChI=1S/C11H23NO2.C2H6/c1-10(2)14-8-4-7-12-6-3-5-11(13)9-12;1-2/h10-11,13H,3-9H2,1-2H3;1-2H3. The van der Waals surface area contributed by atoms with Gasteiger partial charge in [0.25, 0.3) is 0 Å². The van der Waals surface area contributed by atoms with Crippen LogP contribution in [0.1, 0.15) is 47.0 Å². The van der Waals surface area contributed by atoms with E-state index in [1.54, 1.807) is 0 Å². The second-order valence-corrected chi connectivity index (χ2v) is 4.37. The van der Waals surface area contributed by atoms with E-state index in [1.165, 1.54) is 0 Å². The Morgan fingerprint density at radius 2 is 2.06 bits per heavy atom. The van der Waals surface area contributed by atoms with Crippen molar-refractivity contribution in [3.63, 3.8) is 0 Å². The van der Waals surface area contributed by atoms with Gasteiger partial charge in [0.1, 0.15) is 0 Å². The smallest absolute Gasteiger partial charge is 0.0667 e. The van der Waals surface area contributed by atoms with E-state index in [0.29, 0.717) is 6.10 Å². The average molecular weight is 231 g/mol. The molecule has 1 unspecified atom stereocenters. The summed E-state index contributed by atoms with van der Waals surface area (Å²) in [5.41, 5.74) is 0. The van der Waals surface area contributed by atoms with Crippen molar-refractivity contribution in [2.24, 2.45) is 0 Å². The van der Waals surface area contributed by atoms with Crippen LogP contribution in [0, 0.1) is 0 Å². The van der Waals surface area contributed by atoms with Gasteiger partial charge in [0.05, 0.1) is 12.2 Å². The first-order chi connectivity index (χ1) is 7.68. The van der Waals surface area contributed by atoms with E-state index in [-0.39, 0.29) is 6.10 Å². The molecule has 3 heteroatoms. The highest BCUT2D eigenvalue weighted by molar-refractivity contribution is 4.71. The number of aliphatic hydroxyl groups excluding tert-OH is 1. The number of piperidine rings is 1. The first-order valence-electron chi connectivity index (χ1n) is 6.70. The normalized spacial score (nSPS) is 21.8. The molecule has 0 aromatic heterocycles. The fraction of sp³-hybridized carbons (Fsp3) is 1.00. The summed E-state index contributed by atoms with van der Waals surface area (Å²) in [6.07, 6.45) is 3.41. The summed E-state index contributed by atoms with van der Waals surface area (Å²) in [6, 6.07) is 0. The van der Waals surface area contributed by atoms with Gasteiger partial charge in [-0.15, -0.1) is 0 Å². The van der Waals surface area contributed by atoms with E-state index in [2.05, 4.69) is 18.7 Å². The van der Waals surface area contributed by atoms with Crippen molar-refractivity contribution in [3.8, 4) is 0 Å². The molecule has 0 radical (unpaired) electrons. The molecule has 1 saturated heterocycles. The summed E-state index contributed by atoms with van der Waals surface area (Å²) in [5.74, 6) is 0. The monoisotopic (exact) mass is 231 g/mol. The second kappa shape index (κ2) is 10.1. The lowest BCUT2D eigenvalue weighted by Crippen LogP contribution is -2.39. The Hall–Kier alpha value is -0.120. The van der Waals surface area contributed by atoms with Crippen LogP contribution in [0.2, 0.25) is 0 Å². The molecule has 1 N–H and O–H groups in total. The predicted molar refractivity (Wildman–Crippen MR) is 68.7 cm³/mol. The zero-order valence-electron chi connectivity index (χ0n) is 11.4. The van der Waals surface area contributed by atoms with E-state index in [1.807, 2.05) is 13.8 Å². The highest BCUT2D eigenvalue weighted by atomic mass is 16.5. The lowest BCUT2D eigenvalue weighted by atomic mass is 10.1. The Morgan fingerprint density at radius 3 is 2.62 bits per heavy atom. The zero-order valence-corrected chi connectivity index (χ0v) is 11.4. The highest BCUT2D eigenvalue weighted by Crippen LogP contribution is 2.09. The molecule has 98 valence electrons. The minimum atomic E-state index is -0.102. The fourth-order valence-corrected chi connectivity index (χ4v) is 1.84. The number of aliphatic hydroxyl groups is 1. The SMILES string of the molecule is CC.CC(C)OCCCN1CCCC(O)C1. The number of likely N-dealkylation sites (tertiary alicyclic amines) is 1. The van der Waals surface area contributed by atoms with Gasteiger partial charge in [0, 0.05) is 19.7 Å². The van der Waals surface area contributed by atoms with Crippen molar-refractivity contribution >= 4 is 0 Å². The molecule has 0 aliphatic carbocycles. The maximum absolute atomic E-state index is 9.45. The second-order valence-electron chi connectivity index (χ2n) is 4.37. The van der Waals surface area contributed by atoms with Crippen LogP contribution in [0.25, 0.3) is 0 Å². The summed E-state index contributed by atoms with van der Waals surface area (Å²) in [5, 5.41) is 9.45. The molecular weight excluding hydrogens is 202 g/mol. The Labute approximate surface area is 101 Å². The van der Waals surface area contributed by atoms with E-state index in [9.17, 15) is 5.11 Å². The fourth-order valence-electron chi connectivity index (χ4n) is 1.84. The minimum absolute atomic E-state index is 0.102. The maximum atomic E-state index is 9.45. The van der Waals surface area contributed by atoms with E-state index in [4.69, 9.17) is 4.74 Å². The van der Waals surface area contributed by atoms with Crippen molar-refractivity contribution in [2.45, 2.75) is 59.2 Å². The van der Waals surface area contributed by atoms with Gasteiger partial charge < -0.3 is 14.7 Å². The molecule has 1 aliphatic heterocycles. The summed E-state index contributed by atoms with van der Waals surface area (Å²) < 4.78 is 5.47.